The third-order valence-corrected chi connectivity index (χ3v) is 3.67. The molecule has 6 nitrogen and oxygen atoms in total. The predicted octanol–water partition coefficient (Wildman–Crippen LogP) is 2.35. The molecule has 0 aliphatic carbocycles. The highest BCUT2D eigenvalue weighted by Crippen LogP contribution is 2.17. The number of benzene rings is 1. The number of pyridine rings is 1. The van der Waals surface area contributed by atoms with Gasteiger partial charge in [0.25, 0.3) is 5.91 Å². The van der Waals surface area contributed by atoms with Crippen molar-refractivity contribution in [2.24, 2.45) is 0 Å². The first-order valence-electron chi connectivity index (χ1n) is 7.48. The molecule has 0 fully saturated rings. The number of nitrogens with one attached hydrogen (secondary N) is 1. The maximum absolute atomic E-state index is 13.0. The topological polar surface area (TPSA) is 72.7 Å². The van der Waals surface area contributed by atoms with Gasteiger partial charge in [0.1, 0.15) is 5.82 Å². The Balaban J connectivity index is 1.66. The minimum absolute atomic E-state index is 0.155. The fourth-order valence-electron chi connectivity index (χ4n) is 2.24. The van der Waals surface area contributed by atoms with Gasteiger partial charge in [-0.2, -0.15) is 0 Å². The van der Waals surface area contributed by atoms with E-state index in [1.165, 1.54) is 12.1 Å². The van der Waals surface area contributed by atoms with Gasteiger partial charge < -0.3 is 5.32 Å². The number of carbonyl (C=O) groups is 1. The number of rotatable bonds is 5. The van der Waals surface area contributed by atoms with E-state index in [2.05, 4.69) is 20.6 Å². The normalized spacial score (nSPS) is 11.9. The summed E-state index contributed by atoms with van der Waals surface area (Å²) in [7, 11) is 0. The average molecular weight is 325 g/mol. The van der Waals surface area contributed by atoms with Crippen LogP contribution in [0.25, 0.3) is 0 Å². The monoisotopic (exact) mass is 325 g/mol. The molecule has 7 heteroatoms. The molecule has 3 aromatic rings. The van der Waals surface area contributed by atoms with Gasteiger partial charge in [-0.3, -0.25) is 9.78 Å². The molecule has 0 saturated carbocycles. The molecular weight excluding hydrogens is 309 g/mol. The molecule has 1 N–H and O–H groups in total. The van der Waals surface area contributed by atoms with E-state index < -0.39 is 0 Å². The number of nitrogens with zero attached hydrogens (tertiary/aromatic N) is 4. The SMILES string of the molecule is C[C@H](c1ccc(F)cc1)n1cc(C(=O)NCc2cccnc2)nn1. The quantitative estimate of drug-likeness (QED) is 0.781. The molecule has 0 spiro atoms. The minimum Gasteiger partial charge on any atom is -0.346 e. The van der Waals surface area contributed by atoms with E-state index in [4.69, 9.17) is 0 Å². The number of halogens is 1. The van der Waals surface area contributed by atoms with Crippen LogP contribution in [0.3, 0.4) is 0 Å². The van der Waals surface area contributed by atoms with E-state index in [0.717, 1.165) is 11.1 Å². The van der Waals surface area contributed by atoms with Gasteiger partial charge >= 0.3 is 0 Å². The number of hydrogen-bond acceptors (Lipinski definition) is 4. The lowest BCUT2D eigenvalue weighted by Crippen LogP contribution is -2.23. The van der Waals surface area contributed by atoms with E-state index in [1.54, 1.807) is 35.4 Å². The number of aromatic nitrogens is 4. The van der Waals surface area contributed by atoms with Gasteiger partial charge in [-0.1, -0.05) is 23.4 Å². The van der Waals surface area contributed by atoms with Crippen molar-refractivity contribution in [1.29, 1.82) is 0 Å². The smallest absolute Gasteiger partial charge is 0.273 e. The number of hydrogen-bond donors (Lipinski definition) is 1. The molecule has 0 bridgehead atoms. The highest BCUT2D eigenvalue weighted by molar-refractivity contribution is 5.91. The first-order valence-corrected chi connectivity index (χ1v) is 7.48. The molecule has 3 rings (SSSR count). The lowest BCUT2D eigenvalue weighted by Gasteiger charge is -2.11. The molecule has 1 atom stereocenters. The summed E-state index contributed by atoms with van der Waals surface area (Å²) < 4.78 is 14.6. The van der Waals surface area contributed by atoms with Crippen LogP contribution in [0, 0.1) is 5.82 Å². The Hall–Kier alpha value is -3.09. The number of amides is 1. The molecule has 1 aromatic carbocycles. The summed E-state index contributed by atoms with van der Waals surface area (Å²) >= 11 is 0. The molecule has 0 unspecified atom stereocenters. The highest BCUT2D eigenvalue weighted by atomic mass is 19.1. The zero-order valence-electron chi connectivity index (χ0n) is 13.1. The lowest BCUT2D eigenvalue weighted by molar-refractivity contribution is 0.0946. The van der Waals surface area contributed by atoms with Crippen molar-refractivity contribution in [3.63, 3.8) is 0 Å². The van der Waals surface area contributed by atoms with Gasteiger partial charge in [0.15, 0.2) is 5.69 Å². The zero-order valence-corrected chi connectivity index (χ0v) is 13.1. The van der Waals surface area contributed by atoms with E-state index >= 15 is 0 Å². The molecule has 2 aromatic heterocycles. The zero-order chi connectivity index (χ0) is 16.9. The van der Waals surface area contributed by atoms with Crippen LogP contribution < -0.4 is 5.32 Å². The second-order valence-corrected chi connectivity index (χ2v) is 5.36. The maximum Gasteiger partial charge on any atom is 0.273 e. The van der Waals surface area contributed by atoms with Crippen LogP contribution in [0.5, 0.6) is 0 Å². The summed E-state index contributed by atoms with van der Waals surface area (Å²) in [6.07, 6.45) is 4.94. The highest BCUT2D eigenvalue weighted by Gasteiger charge is 2.14. The predicted molar refractivity (Wildman–Crippen MR) is 85.6 cm³/mol. The van der Waals surface area contributed by atoms with Crippen molar-refractivity contribution < 1.29 is 9.18 Å². The van der Waals surface area contributed by atoms with E-state index in [0.29, 0.717) is 6.54 Å². The van der Waals surface area contributed by atoms with Crippen molar-refractivity contribution in [2.75, 3.05) is 0 Å². The maximum atomic E-state index is 13.0. The number of carbonyl (C=O) groups excluding carboxylic acids is 1. The van der Waals surface area contributed by atoms with Crippen LogP contribution in [0.4, 0.5) is 4.39 Å². The molecule has 0 saturated heterocycles. The van der Waals surface area contributed by atoms with Gasteiger partial charge in [0.05, 0.1) is 12.2 Å². The van der Waals surface area contributed by atoms with Crippen molar-refractivity contribution in [3.05, 3.63) is 77.6 Å². The Morgan fingerprint density at radius 3 is 2.79 bits per heavy atom. The average Bonchev–Trinajstić information content (AvgIpc) is 3.11. The molecule has 24 heavy (non-hydrogen) atoms. The lowest BCUT2D eigenvalue weighted by atomic mass is 10.1. The van der Waals surface area contributed by atoms with Crippen LogP contribution in [0.15, 0.2) is 55.0 Å². The van der Waals surface area contributed by atoms with Crippen LogP contribution >= 0.6 is 0 Å². The van der Waals surface area contributed by atoms with Crippen LogP contribution in [0.1, 0.15) is 34.6 Å². The fourth-order valence-corrected chi connectivity index (χ4v) is 2.24. The van der Waals surface area contributed by atoms with Gasteiger partial charge in [-0.05, 0) is 36.2 Å². The Morgan fingerprint density at radius 1 is 1.29 bits per heavy atom. The molecule has 2 heterocycles. The van der Waals surface area contributed by atoms with Crippen LogP contribution in [-0.4, -0.2) is 25.9 Å². The van der Waals surface area contributed by atoms with Crippen LogP contribution in [-0.2, 0) is 6.54 Å². The first-order chi connectivity index (χ1) is 11.6. The van der Waals surface area contributed by atoms with Crippen molar-refractivity contribution in [1.82, 2.24) is 25.3 Å². The van der Waals surface area contributed by atoms with Crippen LogP contribution in [0.2, 0.25) is 0 Å². The van der Waals surface area contributed by atoms with E-state index in [9.17, 15) is 9.18 Å². The van der Waals surface area contributed by atoms with Gasteiger partial charge in [0.2, 0.25) is 0 Å². The van der Waals surface area contributed by atoms with Crippen molar-refractivity contribution in [2.45, 2.75) is 19.5 Å². The Labute approximate surface area is 138 Å². The summed E-state index contributed by atoms with van der Waals surface area (Å²) in [6, 6.07) is 9.68. The van der Waals surface area contributed by atoms with Gasteiger partial charge in [-0.15, -0.1) is 5.10 Å². The molecular formula is C17H16FN5O. The third kappa shape index (κ3) is 3.62. The summed E-state index contributed by atoms with van der Waals surface area (Å²) in [5.41, 5.74) is 2.01. The summed E-state index contributed by atoms with van der Waals surface area (Å²) in [5, 5.41) is 10.7. The fraction of sp³-hybridized carbons (Fsp3) is 0.176. The van der Waals surface area contributed by atoms with Gasteiger partial charge in [-0.25, -0.2) is 9.07 Å². The molecule has 0 aliphatic heterocycles. The Bertz CT molecular complexity index is 817. The second-order valence-electron chi connectivity index (χ2n) is 5.36. The van der Waals surface area contributed by atoms with Crippen molar-refractivity contribution in [3.8, 4) is 0 Å². The first kappa shape index (κ1) is 15.8. The third-order valence-electron chi connectivity index (χ3n) is 3.67. The summed E-state index contributed by atoms with van der Waals surface area (Å²) in [5.74, 6) is -0.601. The Kier molecular flexibility index (Phi) is 4.60. The standard InChI is InChI=1S/C17H16FN5O/c1-12(14-4-6-15(18)7-5-14)23-11-16(21-22-23)17(24)20-10-13-3-2-8-19-9-13/h2-9,11-12H,10H2,1H3,(H,20,24)/t12-/m1/s1. The second kappa shape index (κ2) is 6.99. The van der Waals surface area contributed by atoms with E-state index in [1.807, 2.05) is 19.1 Å². The Morgan fingerprint density at radius 2 is 2.08 bits per heavy atom. The summed E-state index contributed by atoms with van der Waals surface area (Å²) in [4.78, 5) is 16.1. The largest absolute Gasteiger partial charge is 0.346 e. The van der Waals surface area contributed by atoms with Gasteiger partial charge in [0, 0.05) is 18.9 Å². The molecule has 0 aliphatic rings. The van der Waals surface area contributed by atoms with E-state index in [-0.39, 0.29) is 23.5 Å². The molecule has 122 valence electrons. The molecule has 1 amide bonds. The van der Waals surface area contributed by atoms with Crippen molar-refractivity contribution >= 4 is 5.91 Å². The minimum atomic E-state index is -0.309. The molecule has 0 radical (unpaired) electrons. The summed E-state index contributed by atoms with van der Waals surface area (Å²) in [6.45, 7) is 2.27.